The number of aromatic amines is 1. The Morgan fingerprint density at radius 3 is 2.64 bits per heavy atom. The fourth-order valence-corrected chi connectivity index (χ4v) is 5.65. The minimum absolute atomic E-state index is 0.0153. The summed E-state index contributed by atoms with van der Waals surface area (Å²) >= 11 is 0. The van der Waals surface area contributed by atoms with Gasteiger partial charge in [-0.3, -0.25) is 14.5 Å². The first-order valence-corrected chi connectivity index (χ1v) is 11.6. The van der Waals surface area contributed by atoms with E-state index >= 15 is 0 Å². The Hall–Kier alpha value is -3.28. The predicted molar refractivity (Wildman–Crippen MR) is 128 cm³/mol. The molecule has 2 aromatic rings. The van der Waals surface area contributed by atoms with Crippen molar-refractivity contribution in [3.63, 3.8) is 0 Å². The lowest BCUT2D eigenvalue weighted by molar-refractivity contribution is -0.154. The summed E-state index contributed by atoms with van der Waals surface area (Å²) in [6, 6.07) is 4.22. The van der Waals surface area contributed by atoms with E-state index in [1.165, 1.54) is 0 Å². The maximum absolute atomic E-state index is 13.7. The summed E-state index contributed by atoms with van der Waals surface area (Å²) in [5.74, 6) is 0.737. The van der Waals surface area contributed by atoms with Crippen molar-refractivity contribution in [3.05, 3.63) is 59.1 Å². The number of fused-ring (bicyclic) bond motifs is 6. The van der Waals surface area contributed by atoms with Gasteiger partial charge in [-0.15, -0.1) is 0 Å². The number of H-pyrrole nitrogens is 1. The summed E-state index contributed by atoms with van der Waals surface area (Å²) in [4.78, 5) is 34.1. The molecule has 0 unspecified atom stereocenters. The van der Waals surface area contributed by atoms with Gasteiger partial charge in [0.1, 0.15) is 22.6 Å². The molecule has 0 spiro atoms. The molecule has 1 aromatic heterocycles. The number of ether oxygens (including phenoxy) is 1. The number of hydrogen-bond donors (Lipinski definition) is 1. The quantitative estimate of drug-likeness (QED) is 0.656. The summed E-state index contributed by atoms with van der Waals surface area (Å²) in [5.41, 5.74) is 2.99. The number of carbonyl (C=O) groups excluding carboxylic acids is 2. The molecule has 2 amide bonds. The third-order valence-corrected chi connectivity index (χ3v) is 7.54. The van der Waals surface area contributed by atoms with Gasteiger partial charge in [-0.25, -0.2) is 0 Å². The average Bonchev–Trinajstić information content (AvgIpc) is 3.35. The molecule has 4 aliphatic heterocycles. The zero-order valence-electron chi connectivity index (χ0n) is 19.8. The van der Waals surface area contributed by atoms with E-state index in [0.29, 0.717) is 18.7 Å². The molecule has 1 aromatic carbocycles. The monoisotopic (exact) mass is 443 g/mol. The molecule has 6 heteroatoms. The molecule has 170 valence electrons. The van der Waals surface area contributed by atoms with Crippen LogP contribution < -0.4 is 4.74 Å². The minimum Gasteiger partial charge on any atom is -0.483 e. The first-order chi connectivity index (χ1) is 15.5. The molecule has 1 N–H and O–H groups in total. The van der Waals surface area contributed by atoms with Gasteiger partial charge >= 0.3 is 0 Å². The number of aromatic nitrogens is 1. The average molecular weight is 444 g/mol. The van der Waals surface area contributed by atoms with E-state index in [0.717, 1.165) is 39.9 Å². The van der Waals surface area contributed by atoms with Crippen LogP contribution in [0.3, 0.4) is 0 Å². The molecule has 0 bridgehead atoms. The molecule has 6 nitrogen and oxygen atoms in total. The van der Waals surface area contributed by atoms with E-state index < -0.39 is 5.54 Å². The highest BCUT2D eigenvalue weighted by Gasteiger charge is 2.53. The van der Waals surface area contributed by atoms with Crippen LogP contribution in [0.1, 0.15) is 57.9 Å². The van der Waals surface area contributed by atoms with Gasteiger partial charge in [0.25, 0.3) is 11.8 Å². The molecular weight excluding hydrogens is 414 g/mol. The summed E-state index contributed by atoms with van der Waals surface area (Å²) in [6.45, 7) is 10.8. The molecule has 1 atom stereocenters. The summed E-state index contributed by atoms with van der Waals surface area (Å²) < 4.78 is 6.20. The molecule has 5 heterocycles. The van der Waals surface area contributed by atoms with Crippen molar-refractivity contribution in [1.29, 1.82) is 0 Å². The molecular formula is C27H29N3O3. The number of amides is 2. The van der Waals surface area contributed by atoms with Crippen LogP contribution in [0.5, 0.6) is 5.75 Å². The summed E-state index contributed by atoms with van der Waals surface area (Å²) in [6.07, 6.45) is 11.1. The highest BCUT2D eigenvalue weighted by Crippen LogP contribution is 2.44. The van der Waals surface area contributed by atoms with Crippen molar-refractivity contribution in [2.24, 2.45) is 0 Å². The largest absolute Gasteiger partial charge is 0.483 e. The smallest absolute Gasteiger partial charge is 0.275 e. The lowest BCUT2D eigenvalue weighted by atomic mass is 9.78. The molecule has 6 rings (SSSR count). The lowest BCUT2D eigenvalue weighted by Crippen LogP contribution is -2.64. The number of hydrogen-bond acceptors (Lipinski definition) is 3. The molecule has 1 fully saturated rings. The van der Waals surface area contributed by atoms with Crippen LogP contribution in [0, 0.1) is 0 Å². The maximum atomic E-state index is 13.7. The second-order valence-electron chi connectivity index (χ2n) is 11.0. The number of benzene rings is 1. The van der Waals surface area contributed by atoms with Crippen LogP contribution in [-0.2, 0) is 21.4 Å². The van der Waals surface area contributed by atoms with Gasteiger partial charge in [-0.05, 0) is 44.9 Å². The number of allylic oxidation sites excluding steroid dienone is 1. The van der Waals surface area contributed by atoms with Gasteiger partial charge in [0.2, 0.25) is 0 Å². The highest BCUT2D eigenvalue weighted by molar-refractivity contribution is 6.08. The van der Waals surface area contributed by atoms with E-state index in [1.54, 1.807) is 9.80 Å². The Labute approximate surface area is 193 Å². The Morgan fingerprint density at radius 1 is 1.06 bits per heavy atom. The molecule has 1 saturated heterocycles. The van der Waals surface area contributed by atoms with Crippen molar-refractivity contribution in [3.8, 4) is 5.75 Å². The summed E-state index contributed by atoms with van der Waals surface area (Å²) in [5, 5.41) is 1.07. The predicted octanol–water partition coefficient (Wildman–Crippen LogP) is 4.42. The minimum atomic E-state index is -0.986. The van der Waals surface area contributed by atoms with Gasteiger partial charge in [-0.1, -0.05) is 32.1 Å². The van der Waals surface area contributed by atoms with Crippen molar-refractivity contribution >= 4 is 28.8 Å². The van der Waals surface area contributed by atoms with E-state index in [9.17, 15) is 9.59 Å². The first kappa shape index (κ1) is 20.3. The second-order valence-corrected chi connectivity index (χ2v) is 11.0. The highest BCUT2D eigenvalue weighted by atomic mass is 16.5. The van der Waals surface area contributed by atoms with Crippen LogP contribution in [0.4, 0.5) is 0 Å². The van der Waals surface area contributed by atoms with Crippen LogP contribution in [0.25, 0.3) is 17.0 Å². The number of nitrogens with one attached hydrogen (secondary N) is 1. The zero-order valence-corrected chi connectivity index (χ0v) is 19.8. The fourth-order valence-electron chi connectivity index (χ4n) is 5.65. The molecule has 0 radical (unpaired) electrons. The SMILES string of the molecule is CC1(C)C=Cc2cc3c4c([nH]c3cc2O1)C(C)(C)/C=C\N1C(=O)C2=CCCN2C(=O)[C@@]1(C)C4. The van der Waals surface area contributed by atoms with Gasteiger partial charge in [0.15, 0.2) is 0 Å². The number of rotatable bonds is 0. The topological polar surface area (TPSA) is 65.6 Å². The first-order valence-electron chi connectivity index (χ1n) is 11.6. The van der Waals surface area contributed by atoms with Gasteiger partial charge < -0.3 is 14.6 Å². The Morgan fingerprint density at radius 2 is 1.85 bits per heavy atom. The standard InChI is InChI=1S/C27H29N3O3/c1-25(2)10-12-30-23(31)20-7-6-11-29(20)24(32)27(30,5)15-18-17-13-16-8-9-26(3,4)33-21(16)14-19(17)28-22(18)25/h7-10,12-14,28H,6,11,15H2,1-5H3/b12-10-/t27-/m1/s1. The summed E-state index contributed by atoms with van der Waals surface area (Å²) in [7, 11) is 0. The normalized spacial score (nSPS) is 27.7. The Bertz CT molecular complexity index is 1340. The van der Waals surface area contributed by atoms with Gasteiger partial charge in [0.05, 0.1) is 0 Å². The van der Waals surface area contributed by atoms with Crippen LogP contribution >= 0.6 is 0 Å². The lowest BCUT2D eigenvalue weighted by Gasteiger charge is -2.47. The molecule has 0 saturated carbocycles. The number of piperazine rings is 1. The van der Waals surface area contributed by atoms with Crippen molar-refractivity contribution in [1.82, 2.24) is 14.8 Å². The Kier molecular flexibility index (Phi) is 3.81. The third kappa shape index (κ3) is 2.73. The third-order valence-electron chi connectivity index (χ3n) is 7.54. The van der Waals surface area contributed by atoms with Crippen LogP contribution in [0.15, 0.2) is 42.3 Å². The second kappa shape index (κ2) is 6.19. The Balaban J connectivity index is 1.57. The fraction of sp³-hybridized carbons (Fsp3) is 0.407. The molecule has 4 aliphatic rings. The van der Waals surface area contributed by atoms with Crippen molar-refractivity contribution < 1.29 is 14.3 Å². The van der Waals surface area contributed by atoms with Gasteiger partial charge in [-0.2, -0.15) is 0 Å². The van der Waals surface area contributed by atoms with E-state index in [1.807, 2.05) is 39.1 Å². The molecule has 0 aliphatic carbocycles. The van der Waals surface area contributed by atoms with E-state index in [4.69, 9.17) is 4.74 Å². The van der Waals surface area contributed by atoms with Crippen LogP contribution in [0.2, 0.25) is 0 Å². The molecule has 33 heavy (non-hydrogen) atoms. The van der Waals surface area contributed by atoms with Crippen LogP contribution in [-0.4, -0.2) is 44.3 Å². The maximum Gasteiger partial charge on any atom is 0.275 e. The zero-order chi connectivity index (χ0) is 23.3. The van der Waals surface area contributed by atoms with E-state index in [2.05, 4.69) is 43.1 Å². The van der Waals surface area contributed by atoms with E-state index in [-0.39, 0.29) is 22.8 Å². The number of nitrogens with zero attached hydrogens (tertiary/aromatic N) is 2. The van der Waals surface area contributed by atoms with Crippen molar-refractivity contribution in [2.75, 3.05) is 6.54 Å². The van der Waals surface area contributed by atoms with Crippen molar-refractivity contribution in [2.45, 2.75) is 64.0 Å². The number of carbonyl (C=O) groups is 2. The van der Waals surface area contributed by atoms with Gasteiger partial charge in [0, 0.05) is 52.8 Å².